The van der Waals surface area contributed by atoms with E-state index >= 15 is 0 Å². The van der Waals surface area contributed by atoms with Crippen LogP contribution in [0.2, 0.25) is 0 Å². The molecule has 0 unspecified atom stereocenters. The second-order valence-corrected chi connectivity index (χ2v) is 6.85. The first-order valence-electron chi connectivity index (χ1n) is 8.86. The third-order valence-corrected chi connectivity index (χ3v) is 5.59. The Bertz CT molecular complexity index is 519. The maximum atomic E-state index is 10.3. The molecule has 0 aromatic heterocycles. The van der Waals surface area contributed by atoms with Crippen molar-refractivity contribution >= 4 is 0 Å². The van der Waals surface area contributed by atoms with E-state index in [9.17, 15) is 5.11 Å². The van der Waals surface area contributed by atoms with E-state index in [1.54, 1.807) is 14.2 Å². The van der Waals surface area contributed by atoms with Crippen LogP contribution in [0.4, 0.5) is 0 Å². The number of aliphatic hydroxyl groups is 1. The smallest absolute Gasteiger partial charge is 0.160 e. The highest BCUT2D eigenvalue weighted by Crippen LogP contribution is 2.35. The van der Waals surface area contributed by atoms with Crippen molar-refractivity contribution in [2.45, 2.75) is 50.7 Å². The zero-order valence-electron chi connectivity index (χ0n) is 14.3. The molecular weight excluding hydrogens is 290 g/mol. The summed E-state index contributed by atoms with van der Waals surface area (Å²) in [4.78, 5) is 2.60. The minimum Gasteiger partial charge on any atom is -0.493 e. The molecule has 4 nitrogen and oxygen atoms in total. The van der Waals surface area contributed by atoms with E-state index in [0.29, 0.717) is 12.0 Å². The molecule has 1 aliphatic heterocycles. The van der Waals surface area contributed by atoms with Crippen LogP contribution < -0.4 is 9.47 Å². The Morgan fingerprint density at radius 3 is 2.65 bits per heavy atom. The van der Waals surface area contributed by atoms with Gasteiger partial charge in [0.05, 0.1) is 20.3 Å². The summed E-state index contributed by atoms with van der Waals surface area (Å²) in [6, 6.07) is 6.76. The van der Waals surface area contributed by atoms with Crippen molar-refractivity contribution in [1.82, 2.24) is 4.90 Å². The van der Waals surface area contributed by atoms with E-state index in [1.165, 1.54) is 31.2 Å². The van der Waals surface area contributed by atoms with Gasteiger partial charge in [0, 0.05) is 25.0 Å². The Kier molecular flexibility index (Phi) is 5.44. The van der Waals surface area contributed by atoms with Crippen molar-refractivity contribution in [1.29, 1.82) is 0 Å². The number of hydrogen-bond acceptors (Lipinski definition) is 4. The molecule has 3 rings (SSSR count). The van der Waals surface area contributed by atoms with Crippen LogP contribution in [-0.2, 0) is 6.42 Å². The van der Waals surface area contributed by atoms with Crippen LogP contribution >= 0.6 is 0 Å². The standard InChI is InChI=1S/C19H29NO3/c1-22-18-8-7-14(13-19(18)23-2)9-11-20-12-10-17(21)15-5-3-4-6-16(15)20/h7-8,13,15-17,21H,3-6,9-12H2,1-2H3/t15-,16+,17-/m0/s1. The Morgan fingerprint density at radius 1 is 1.09 bits per heavy atom. The number of nitrogens with zero attached hydrogens (tertiary/aromatic N) is 1. The fourth-order valence-electron chi connectivity index (χ4n) is 4.31. The number of aliphatic hydroxyl groups excluding tert-OH is 1. The molecule has 0 spiro atoms. The van der Waals surface area contributed by atoms with Crippen LogP contribution in [0.1, 0.15) is 37.7 Å². The van der Waals surface area contributed by atoms with Crippen molar-refractivity contribution in [2.24, 2.45) is 5.92 Å². The lowest BCUT2D eigenvalue weighted by atomic mass is 9.76. The van der Waals surface area contributed by atoms with Gasteiger partial charge in [0.15, 0.2) is 11.5 Å². The summed E-state index contributed by atoms with van der Waals surface area (Å²) in [5.74, 6) is 2.07. The number of fused-ring (bicyclic) bond motifs is 1. The molecule has 1 aromatic carbocycles. The second-order valence-electron chi connectivity index (χ2n) is 6.85. The van der Waals surface area contributed by atoms with E-state index in [0.717, 1.165) is 37.4 Å². The molecule has 0 bridgehead atoms. The largest absolute Gasteiger partial charge is 0.493 e. The summed E-state index contributed by atoms with van der Waals surface area (Å²) in [6.45, 7) is 2.08. The first kappa shape index (κ1) is 16.6. The Labute approximate surface area is 139 Å². The number of likely N-dealkylation sites (tertiary alicyclic amines) is 1. The molecule has 2 fully saturated rings. The minimum atomic E-state index is -0.0855. The quantitative estimate of drug-likeness (QED) is 0.906. The molecule has 1 N–H and O–H groups in total. The van der Waals surface area contributed by atoms with Crippen LogP contribution in [0, 0.1) is 5.92 Å². The zero-order valence-corrected chi connectivity index (χ0v) is 14.3. The highest BCUT2D eigenvalue weighted by molar-refractivity contribution is 5.42. The Hall–Kier alpha value is -1.26. The normalized spacial score (nSPS) is 28.2. The summed E-state index contributed by atoms with van der Waals surface area (Å²) >= 11 is 0. The van der Waals surface area contributed by atoms with Gasteiger partial charge < -0.3 is 14.6 Å². The van der Waals surface area contributed by atoms with Crippen LogP contribution in [0.15, 0.2) is 18.2 Å². The van der Waals surface area contributed by atoms with Gasteiger partial charge in [-0.05, 0) is 43.4 Å². The Morgan fingerprint density at radius 2 is 1.87 bits per heavy atom. The molecule has 1 heterocycles. The van der Waals surface area contributed by atoms with Gasteiger partial charge in [-0.2, -0.15) is 0 Å². The molecule has 1 saturated carbocycles. The molecule has 1 aromatic rings. The summed E-state index contributed by atoms with van der Waals surface area (Å²) < 4.78 is 10.7. The van der Waals surface area contributed by atoms with E-state index in [1.807, 2.05) is 6.07 Å². The summed E-state index contributed by atoms with van der Waals surface area (Å²) in [7, 11) is 3.35. The van der Waals surface area contributed by atoms with Gasteiger partial charge in [-0.15, -0.1) is 0 Å². The first-order chi connectivity index (χ1) is 11.2. The van der Waals surface area contributed by atoms with Crippen molar-refractivity contribution in [3.05, 3.63) is 23.8 Å². The zero-order chi connectivity index (χ0) is 16.2. The number of ether oxygens (including phenoxy) is 2. The molecule has 1 saturated heterocycles. The highest BCUT2D eigenvalue weighted by Gasteiger charge is 2.38. The van der Waals surface area contributed by atoms with E-state index in [2.05, 4.69) is 17.0 Å². The first-order valence-corrected chi connectivity index (χ1v) is 8.86. The van der Waals surface area contributed by atoms with Crippen molar-refractivity contribution in [3.8, 4) is 11.5 Å². The minimum absolute atomic E-state index is 0.0855. The van der Waals surface area contributed by atoms with Crippen LogP contribution in [0.3, 0.4) is 0 Å². The maximum Gasteiger partial charge on any atom is 0.160 e. The number of piperidine rings is 1. The molecule has 4 heteroatoms. The van der Waals surface area contributed by atoms with Crippen LogP contribution in [0.5, 0.6) is 11.5 Å². The van der Waals surface area contributed by atoms with Crippen molar-refractivity contribution < 1.29 is 14.6 Å². The SMILES string of the molecule is COc1ccc(CCN2CC[C@H](O)[C@H]3CCCC[C@H]32)cc1OC. The average Bonchev–Trinajstić information content (AvgIpc) is 2.61. The van der Waals surface area contributed by atoms with E-state index in [-0.39, 0.29) is 6.10 Å². The third-order valence-electron chi connectivity index (χ3n) is 5.59. The predicted molar refractivity (Wildman–Crippen MR) is 91.2 cm³/mol. The molecule has 128 valence electrons. The second kappa shape index (κ2) is 7.54. The molecule has 0 radical (unpaired) electrons. The molecular formula is C19H29NO3. The van der Waals surface area contributed by atoms with Crippen LogP contribution in [0.25, 0.3) is 0 Å². The molecule has 0 amide bonds. The molecule has 2 aliphatic rings. The lowest BCUT2D eigenvalue weighted by molar-refractivity contribution is -0.0352. The summed E-state index contributed by atoms with van der Waals surface area (Å²) in [6.07, 6.45) is 6.87. The fraction of sp³-hybridized carbons (Fsp3) is 0.684. The van der Waals surface area contributed by atoms with Gasteiger partial charge in [-0.1, -0.05) is 18.9 Å². The van der Waals surface area contributed by atoms with Crippen LogP contribution in [-0.4, -0.2) is 49.5 Å². The van der Waals surface area contributed by atoms with E-state index < -0.39 is 0 Å². The molecule has 23 heavy (non-hydrogen) atoms. The monoisotopic (exact) mass is 319 g/mol. The van der Waals surface area contributed by atoms with Gasteiger partial charge in [0.25, 0.3) is 0 Å². The van der Waals surface area contributed by atoms with Crippen molar-refractivity contribution in [2.75, 3.05) is 27.3 Å². The van der Waals surface area contributed by atoms with Gasteiger partial charge in [-0.25, -0.2) is 0 Å². The average molecular weight is 319 g/mol. The lowest BCUT2D eigenvalue weighted by Crippen LogP contribution is -2.52. The number of rotatable bonds is 5. The molecule has 3 atom stereocenters. The number of hydrogen-bond donors (Lipinski definition) is 1. The van der Waals surface area contributed by atoms with Crippen molar-refractivity contribution in [3.63, 3.8) is 0 Å². The van der Waals surface area contributed by atoms with Gasteiger partial charge in [-0.3, -0.25) is 4.90 Å². The lowest BCUT2D eigenvalue weighted by Gasteiger charge is -2.46. The summed E-state index contributed by atoms with van der Waals surface area (Å²) in [5, 5.41) is 10.3. The number of methoxy groups -OCH3 is 2. The van der Waals surface area contributed by atoms with Gasteiger partial charge in [0.2, 0.25) is 0 Å². The Balaban J connectivity index is 1.63. The summed E-state index contributed by atoms with van der Waals surface area (Å²) in [5.41, 5.74) is 1.28. The maximum absolute atomic E-state index is 10.3. The van der Waals surface area contributed by atoms with E-state index in [4.69, 9.17) is 9.47 Å². The predicted octanol–water partition coefficient (Wildman–Crippen LogP) is 2.87. The molecule has 1 aliphatic carbocycles. The van der Waals surface area contributed by atoms with Gasteiger partial charge in [0.1, 0.15) is 0 Å². The topological polar surface area (TPSA) is 41.9 Å². The van der Waals surface area contributed by atoms with Gasteiger partial charge >= 0.3 is 0 Å². The number of benzene rings is 1. The highest BCUT2D eigenvalue weighted by atomic mass is 16.5. The fourth-order valence-corrected chi connectivity index (χ4v) is 4.31. The third kappa shape index (κ3) is 3.64.